The van der Waals surface area contributed by atoms with E-state index >= 15 is 0 Å². The Kier molecular flexibility index (Phi) is 7.47. The van der Waals surface area contributed by atoms with Gasteiger partial charge in [0, 0.05) is 18.7 Å². The smallest absolute Gasteiger partial charge is 0.295 e. The Bertz CT molecular complexity index is 934. The highest BCUT2D eigenvalue weighted by molar-refractivity contribution is 6.46. The van der Waals surface area contributed by atoms with Crippen LogP contribution in [0.5, 0.6) is 5.75 Å². The molecule has 0 radical (unpaired) electrons. The zero-order valence-corrected chi connectivity index (χ0v) is 18.2. The van der Waals surface area contributed by atoms with E-state index in [2.05, 4.69) is 0 Å². The van der Waals surface area contributed by atoms with Crippen molar-refractivity contribution in [2.24, 2.45) is 0 Å². The second-order valence-electron chi connectivity index (χ2n) is 7.63. The molecule has 1 saturated heterocycles. The predicted molar refractivity (Wildman–Crippen MR) is 119 cm³/mol. The highest BCUT2D eigenvalue weighted by Crippen LogP contribution is 2.39. The van der Waals surface area contributed by atoms with Gasteiger partial charge in [-0.15, -0.1) is 0 Å². The number of carbonyl (C=O) groups is 2. The van der Waals surface area contributed by atoms with Crippen LogP contribution in [0.4, 0.5) is 0 Å². The molecule has 31 heavy (non-hydrogen) atoms. The first kappa shape index (κ1) is 22.6. The van der Waals surface area contributed by atoms with Gasteiger partial charge in [-0.05, 0) is 44.9 Å². The minimum absolute atomic E-state index is 0.0930. The van der Waals surface area contributed by atoms with Crippen LogP contribution in [0.25, 0.3) is 5.76 Å². The molecule has 1 N–H and O–H groups in total. The molecule has 164 valence electrons. The number of ether oxygens (including phenoxy) is 2. The summed E-state index contributed by atoms with van der Waals surface area (Å²) in [5, 5.41) is 11.0. The van der Waals surface area contributed by atoms with Crippen molar-refractivity contribution in [2.75, 3.05) is 19.8 Å². The Morgan fingerprint density at radius 1 is 1.06 bits per heavy atom. The summed E-state index contributed by atoms with van der Waals surface area (Å²) in [4.78, 5) is 27.4. The van der Waals surface area contributed by atoms with E-state index in [0.717, 1.165) is 5.56 Å². The molecule has 6 heteroatoms. The Hall–Kier alpha value is -3.12. The van der Waals surface area contributed by atoms with Crippen molar-refractivity contribution in [2.45, 2.75) is 39.3 Å². The first-order chi connectivity index (χ1) is 14.9. The summed E-state index contributed by atoms with van der Waals surface area (Å²) in [5.74, 6) is -0.749. The van der Waals surface area contributed by atoms with Gasteiger partial charge in [0.15, 0.2) is 0 Å². The number of nitrogens with zero attached hydrogens (tertiary/aromatic N) is 1. The van der Waals surface area contributed by atoms with E-state index in [4.69, 9.17) is 9.47 Å². The quantitative estimate of drug-likeness (QED) is 0.281. The number of amides is 1. The summed E-state index contributed by atoms with van der Waals surface area (Å²) in [6, 6.07) is 15.4. The van der Waals surface area contributed by atoms with Crippen molar-refractivity contribution in [1.82, 2.24) is 4.90 Å². The van der Waals surface area contributed by atoms with E-state index in [1.165, 1.54) is 4.90 Å². The van der Waals surface area contributed by atoms with Crippen LogP contribution in [0.15, 0.2) is 60.2 Å². The molecule has 6 nitrogen and oxygen atoms in total. The Labute approximate surface area is 183 Å². The van der Waals surface area contributed by atoms with Crippen LogP contribution in [0.3, 0.4) is 0 Å². The fraction of sp³-hybridized carbons (Fsp3) is 0.360. The van der Waals surface area contributed by atoms with Crippen molar-refractivity contribution >= 4 is 17.4 Å². The van der Waals surface area contributed by atoms with Gasteiger partial charge in [-0.2, -0.15) is 0 Å². The molecule has 1 atom stereocenters. The molecule has 1 unspecified atom stereocenters. The van der Waals surface area contributed by atoms with E-state index in [1.807, 2.05) is 51.1 Å². The zero-order chi connectivity index (χ0) is 22.4. The largest absolute Gasteiger partial charge is 0.507 e. The molecule has 0 spiro atoms. The topological polar surface area (TPSA) is 76.1 Å². The maximum absolute atomic E-state index is 13.0. The summed E-state index contributed by atoms with van der Waals surface area (Å²) in [5.41, 5.74) is 1.34. The van der Waals surface area contributed by atoms with E-state index in [0.29, 0.717) is 37.5 Å². The van der Waals surface area contributed by atoms with Crippen LogP contribution in [-0.4, -0.2) is 47.6 Å². The highest BCUT2D eigenvalue weighted by atomic mass is 16.5. The fourth-order valence-electron chi connectivity index (χ4n) is 3.68. The van der Waals surface area contributed by atoms with Crippen LogP contribution in [0.1, 0.15) is 44.4 Å². The number of hydrogen-bond donors (Lipinski definition) is 1. The molecule has 1 aliphatic rings. The third kappa shape index (κ3) is 5.14. The molecule has 3 rings (SSSR count). The minimum Gasteiger partial charge on any atom is -0.507 e. The number of rotatable bonds is 9. The SMILES string of the molecule is CCOc1ccc(C2C(=C(O)c3ccccc3)C(=O)C(=O)N2CCCOC(C)C)cc1. The number of likely N-dealkylation sites (tertiary alicyclic amines) is 1. The minimum atomic E-state index is -0.676. The lowest BCUT2D eigenvalue weighted by Crippen LogP contribution is -2.31. The lowest BCUT2D eigenvalue weighted by Gasteiger charge is -2.25. The van der Waals surface area contributed by atoms with Gasteiger partial charge >= 0.3 is 0 Å². The van der Waals surface area contributed by atoms with Crippen molar-refractivity contribution in [3.63, 3.8) is 0 Å². The average Bonchev–Trinajstić information content (AvgIpc) is 3.02. The van der Waals surface area contributed by atoms with Crippen molar-refractivity contribution in [3.05, 3.63) is 71.3 Å². The molecular formula is C25H29NO5. The summed E-state index contributed by atoms with van der Waals surface area (Å²) in [6.07, 6.45) is 0.680. The lowest BCUT2D eigenvalue weighted by atomic mass is 9.95. The number of carbonyl (C=O) groups excluding carboxylic acids is 2. The maximum Gasteiger partial charge on any atom is 0.295 e. The Balaban J connectivity index is 1.99. The molecule has 1 aliphatic heterocycles. The van der Waals surface area contributed by atoms with E-state index in [-0.39, 0.29) is 17.4 Å². The first-order valence-electron chi connectivity index (χ1n) is 10.6. The van der Waals surface area contributed by atoms with Crippen LogP contribution >= 0.6 is 0 Å². The molecule has 0 aromatic heterocycles. The lowest BCUT2D eigenvalue weighted by molar-refractivity contribution is -0.140. The third-order valence-electron chi connectivity index (χ3n) is 5.09. The molecule has 0 saturated carbocycles. The van der Waals surface area contributed by atoms with Crippen LogP contribution < -0.4 is 4.74 Å². The van der Waals surface area contributed by atoms with Gasteiger partial charge in [0.25, 0.3) is 11.7 Å². The van der Waals surface area contributed by atoms with Gasteiger partial charge < -0.3 is 19.5 Å². The second-order valence-corrected chi connectivity index (χ2v) is 7.63. The molecule has 1 amide bonds. The third-order valence-corrected chi connectivity index (χ3v) is 5.09. The van der Waals surface area contributed by atoms with Crippen molar-refractivity contribution < 1.29 is 24.2 Å². The van der Waals surface area contributed by atoms with Gasteiger partial charge in [0.2, 0.25) is 0 Å². The average molecular weight is 424 g/mol. The van der Waals surface area contributed by atoms with Gasteiger partial charge in [-0.3, -0.25) is 9.59 Å². The normalized spacial score (nSPS) is 18.1. The molecule has 1 fully saturated rings. The van der Waals surface area contributed by atoms with Gasteiger partial charge in [0.05, 0.1) is 24.3 Å². The number of hydrogen-bond acceptors (Lipinski definition) is 5. The monoisotopic (exact) mass is 423 g/mol. The maximum atomic E-state index is 13.0. The molecule has 2 aromatic carbocycles. The van der Waals surface area contributed by atoms with E-state index < -0.39 is 17.7 Å². The summed E-state index contributed by atoms with van der Waals surface area (Å²) in [6.45, 7) is 7.18. The summed E-state index contributed by atoms with van der Waals surface area (Å²) < 4.78 is 11.1. The predicted octanol–water partition coefficient (Wildman–Crippen LogP) is 4.32. The number of ketones is 1. The van der Waals surface area contributed by atoms with Gasteiger partial charge in [-0.1, -0.05) is 42.5 Å². The number of aliphatic hydroxyl groups excluding tert-OH is 1. The Morgan fingerprint density at radius 3 is 2.35 bits per heavy atom. The van der Waals surface area contributed by atoms with Crippen LogP contribution in [-0.2, 0) is 14.3 Å². The molecule has 0 bridgehead atoms. The number of Topliss-reactive ketones (excluding diaryl/α,β-unsaturated/α-hetero) is 1. The van der Waals surface area contributed by atoms with Crippen molar-refractivity contribution in [3.8, 4) is 5.75 Å². The summed E-state index contributed by atoms with van der Waals surface area (Å²) in [7, 11) is 0. The molecular weight excluding hydrogens is 394 g/mol. The first-order valence-corrected chi connectivity index (χ1v) is 10.6. The fourth-order valence-corrected chi connectivity index (χ4v) is 3.68. The van der Waals surface area contributed by atoms with Gasteiger partial charge in [0.1, 0.15) is 11.5 Å². The Morgan fingerprint density at radius 2 is 1.74 bits per heavy atom. The molecule has 0 aliphatic carbocycles. The summed E-state index contributed by atoms with van der Waals surface area (Å²) >= 11 is 0. The highest BCUT2D eigenvalue weighted by Gasteiger charge is 2.45. The number of aliphatic hydroxyl groups is 1. The number of benzene rings is 2. The molecule has 1 heterocycles. The van der Waals surface area contributed by atoms with Gasteiger partial charge in [-0.25, -0.2) is 0 Å². The van der Waals surface area contributed by atoms with Crippen LogP contribution in [0, 0.1) is 0 Å². The second kappa shape index (κ2) is 10.3. The van der Waals surface area contributed by atoms with Crippen molar-refractivity contribution in [1.29, 1.82) is 0 Å². The standard InChI is InChI=1S/C25H29NO5/c1-4-30-20-13-11-18(12-14-20)22-21(23(27)19-9-6-5-7-10-19)24(28)25(29)26(22)15-8-16-31-17(2)3/h5-7,9-14,17,22,27H,4,8,15-16H2,1-3H3. The van der Waals surface area contributed by atoms with E-state index in [1.54, 1.807) is 24.3 Å². The molecule has 2 aromatic rings. The van der Waals surface area contributed by atoms with Crippen LogP contribution in [0.2, 0.25) is 0 Å². The zero-order valence-electron chi connectivity index (χ0n) is 18.2. The van der Waals surface area contributed by atoms with E-state index in [9.17, 15) is 14.7 Å².